The average Bonchev–Trinajstić information content (AvgIpc) is 3.29. The first-order valence-electron chi connectivity index (χ1n) is 7.28. The Labute approximate surface area is 119 Å². The van der Waals surface area contributed by atoms with Crippen molar-refractivity contribution in [2.75, 3.05) is 11.9 Å². The van der Waals surface area contributed by atoms with Gasteiger partial charge in [0.2, 0.25) is 0 Å². The van der Waals surface area contributed by atoms with Crippen molar-refractivity contribution in [3.8, 4) is 0 Å². The lowest BCUT2D eigenvalue weighted by Gasteiger charge is -2.13. The molecule has 3 rings (SSSR count). The molecule has 0 aromatic carbocycles. The maximum absolute atomic E-state index is 4.79. The second kappa shape index (κ2) is 5.57. The Kier molecular flexibility index (Phi) is 3.63. The van der Waals surface area contributed by atoms with Crippen LogP contribution in [0.15, 0.2) is 24.5 Å². The molecule has 0 amide bonds. The molecule has 104 valence electrons. The van der Waals surface area contributed by atoms with Gasteiger partial charge in [-0.1, -0.05) is 6.07 Å². The summed E-state index contributed by atoms with van der Waals surface area (Å²) in [5.41, 5.74) is 3.46. The normalized spacial score (nSPS) is 14.3. The van der Waals surface area contributed by atoms with Gasteiger partial charge < -0.3 is 5.32 Å². The zero-order valence-corrected chi connectivity index (χ0v) is 12.1. The van der Waals surface area contributed by atoms with Gasteiger partial charge >= 0.3 is 0 Å². The van der Waals surface area contributed by atoms with Crippen LogP contribution in [0.3, 0.4) is 0 Å². The molecule has 0 saturated heterocycles. The number of anilines is 1. The van der Waals surface area contributed by atoms with Crippen molar-refractivity contribution in [3.63, 3.8) is 0 Å². The van der Waals surface area contributed by atoms with Gasteiger partial charge in [0.05, 0.1) is 5.69 Å². The summed E-state index contributed by atoms with van der Waals surface area (Å²) in [7, 11) is 0. The summed E-state index contributed by atoms with van der Waals surface area (Å²) in [6.07, 6.45) is 6.98. The second-order valence-electron chi connectivity index (χ2n) is 5.34. The first kappa shape index (κ1) is 13.0. The van der Waals surface area contributed by atoms with E-state index in [0.717, 1.165) is 35.9 Å². The van der Waals surface area contributed by atoms with Crippen LogP contribution in [0.2, 0.25) is 0 Å². The van der Waals surface area contributed by atoms with Gasteiger partial charge in [0.1, 0.15) is 11.6 Å². The summed E-state index contributed by atoms with van der Waals surface area (Å²) >= 11 is 0. The fourth-order valence-corrected chi connectivity index (χ4v) is 2.31. The fraction of sp³-hybridized carbons (Fsp3) is 0.438. The van der Waals surface area contributed by atoms with Gasteiger partial charge in [-0.15, -0.1) is 0 Å². The lowest BCUT2D eigenvalue weighted by atomic mass is 10.1. The SMILES string of the molecule is CCNc1nc(C2CC2)nc(Cc2cccnc2)c1C. The molecule has 0 radical (unpaired) electrons. The maximum Gasteiger partial charge on any atom is 0.134 e. The predicted molar refractivity (Wildman–Crippen MR) is 80.0 cm³/mol. The molecule has 1 fully saturated rings. The Hall–Kier alpha value is -1.97. The van der Waals surface area contributed by atoms with Crippen LogP contribution in [0.25, 0.3) is 0 Å². The van der Waals surface area contributed by atoms with E-state index in [1.54, 1.807) is 6.20 Å². The number of pyridine rings is 1. The number of hydrogen-bond donors (Lipinski definition) is 1. The fourth-order valence-electron chi connectivity index (χ4n) is 2.31. The molecule has 0 bridgehead atoms. The van der Waals surface area contributed by atoms with Crippen LogP contribution < -0.4 is 5.32 Å². The molecule has 2 aromatic heterocycles. The highest BCUT2D eigenvalue weighted by Gasteiger charge is 2.28. The van der Waals surface area contributed by atoms with E-state index in [1.165, 1.54) is 18.4 Å². The molecule has 0 unspecified atom stereocenters. The number of hydrogen-bond acceptors (Lipinski definition) is 4. The molecular formula is C16H20N4. The van der Waals surface area contributed by atoms with Gasteiger partial charge in [-0.2, -0.15) is 0 Å². The average molecular weight is 268 g/mol. The molecule has 0 aliphatic heterocycles. The summed E-state index contributed by atoms with van der Waals surface area (Å²) in [5, 5.41) is 3.36. The molecule has 2 aromatic rings. The van der Waals surface area contributed by atoms with E-state index in [4.69, 9.17) is 4.98 Å². The van der Waals surface area contributed by atoms with Crippen molar-refractivity contribution in [1.82, 2.24) is 15.0 Å². The minimum atomic E-state index is 0.570. The molecule has 1 saturated carbocycles. The summed E-state index contributed by atoms with van der Waals surface area (Å²) in [6, 6.07) is 4.07. The van der Waals surface area contributed by atoms with E-state index >= 15 is 0 Å². The lowest BCUT2D eigenvalue weighted by molar-refractivity contribution is 0.871. The Morgan fingerprint density at radius 2 is 2.15 bits per heavy atom. The van der Waals surface area contributed by atoms with Gasteiger partial charge in [0.15, 0.2) is 0 Å². The number of nitrogens with one attached hydrogen (secondary N) is 1. The van der Waals surface area contributed by atoms with Gasteiger partial charge in [-0.05, 0) is 38.3 Å². The molecule has 2 heterocycles. The van der Waals surface area contributed by atoms with Crippen LogP contribution in [0.1, 0.15) is 48.3 Å². The molecule has 0 atom stereocenters. The van der Waals surface area contributed by atoms with Gasteiger partial charge in [-0.3, -0.25) is 4.98 Å². The third-order valence-corrected chi connectivity index (χ3v) is 3.65. The largest absolute Gasteiger partial charge is 0.370 e. The molecule has 4 nitrogen and oxygen atoms in total. The molecular weight excluding hydrogens is 248 g/mol. The van der Waals surface area contributed by atoms with Crippen LogP contribution in [0.4, 0.5) is 5.82 Å². The van der Waals surface area contributed by atoms with Crippen molar-refractivity contribution >= 4 is 5.82 Å². The lowest BCUT2D eigenvalue weighted by Crippen LogP contribution is -2.09. The van der Waals surface area contributed by atoms with Crippen LogP contribution in [-0.2, 0) is 6.42 Å². The van der Waals surface area contributed by atoms with E-state index in [0.29, 0.717) is 5.92 Å². The first-order chi connectivity index (χ1) is 9.78. The molecule has 1 N–H and O–H groups in total. The monoisotopic (exact) mass is 268 g/mol. The van der Waals surface area contributed by atoms with Gasteiger partial charge in [0, 0.05) is 36.8 Å². The number of rotatable bonds is 5. The summed E-state index contributed by atoms with van der Waals surface area (Å²) in [5.74, 6) is 2.56. The van der Waals surface area contributed by atoms with E-state index in [-0.39, 0.29) is 0 Å². The van der Waals surface area contributed by atoms with E-state index in [2.05, 4.69) is 35.2 Å². The van der Waals surface area contributed by atoms with Gasteiger partial charge in [0.25, 0.3) is 0 Å². The third-order valence-electron chi connectivity index (χ3n) is 3.65. The highest BCUT2D eigenvalue weighted by molar-refractivity contribution is 5.47. The summed E-state index contributed by atoms with van der Waals surface area (Å²) in [4.78, 5) is 13.7. The van der Waals surface area contributed by atoms with Crippen molar-refractivity contribution in [2.24, 2.45) is 0 Å². The topological polar surface area (TPSA) is 50.7 Å². The van der Waals surface area contributed by atoms with E-state index in [9.17, 15) is 0 Å². The highest BCUT2D eigenvalue weighted by atomic mass is 15.0. The zero-order chi connectivity index (χ0) is 13.9. The number of nitrogens with zero attached hydrogens (tertiary/aromatic N) is 3. The maximum atomic E-state index is 4.79. The summed E-state index contributed by atoms with van der Waals surface area (Å²) in [6.45, 7) is 5.08. The second-order valence-corrected chi connectivity index (χ2v) is 5.34. The van der Waals surface area contributed by atoms with Crippen molar-refractivity contribution < 1.29 is 0 Å². The van der Waals surface area contributed by atoms with Crippen LogP contribution >= 0.6 is 0 Å². The molecule has 1 aliphatic rings. The quantitative estimate of drug-likeness (QED) is 0.905. The van der Waals surface area contributed by atoms with Crippen molar-refractivity contribution in [2.45, 2.75) is 39.0 Å². The summed E-state index contributed by atoms with van der Waals surface area (Å²) < 4.78 is 0. The Balaban J connectivity index is 1.95. The predicted octanol–water partition coefficient (Wildman–Crippen LogP) is 3.08. The van der Waals surface area contributed by atoms with Crippen molar-refractivity contribution in [1.29, 1.82) is 0 Å². The van der Waals surface area contributed by atoms with Crippen LogP contribution in [0, 0.1) is 6.92 Å². The Morgan fingerprint density at radius 1 is 1.30 bits per heavy atom. The van der Waals surface area contributed by atoms with Crippen molar-refractivity contribution in [3.05, 3.63) is 47.2 Å². The zero-order valence-electron chi connectivity index (χ0n) is 12.1. The Bertz CT molecular complexity index is 591. The molecule has 1 aliphatic carbocycles. The van der Waals surface area contributed by atoms with Crippen LogP contribution in [-0.4, -0.2) is 21.5 Å². The number of aromatic nitrogens is 3. The smallest absolute Gasteiger partial charge is 0.134 e. The highest BCUT2D eigenvalue weighted by Crippen LogP contribution is 2.39. The molecule has 20 heavy (non-hydrogen) atoms. The molecule has 0 spiro atoms. The first-order valence-corrected chi connectivity index (χ1v) is 7.28. The third kappa shape index (κ3) is 2.79. The van der Waals surface area contributed by atoms with E-state index < -0.39 is 0 Å². The minimum absolute atomic E-state index is 0.570. The van der Waals surface area contributed by atoms with E-state index in [1.807, 2.05) is 12.3 Å². The molecule has 4 heteroatoms. The standard InChI is InChI=1S/C16H20N4/c1-3-18-15-11(2)14(9-12-5-4-8-17-10-12)19-16(20-15)13-6-7-13/h4-5,8,10,13H,3,6-7,9H2,1-2H3,(H,18,19,20). The van der Waals surface area contributed by atoms with Crippen LogP contribution in [0.5, 0.6) is 0 Å². The Morgan fingerprint density at radius 3 is 2.80 bits per heavy atom. The van der Waals surface area contributed by atoms with Gasteiger partial charge in [-0.25, -0.2) is 9.97 Å². The minimum Gasteiger partial charge on any atom is -0.370 e.